The number of nitrogens with zero attached hydrogens (tertiary/aromatic N) is 2. The standard InChI is InChI=1S/C25H21F2N3O3S/c1-16(17-7-3-2-4-8-17)28-22(31)15-34-25-29-21-10-6-5-9-20(21)23(32)30(25)18-11-13-19(14-12-18)33-24(26)27/h2-14,16,24H,15H2,1H3,(H,28,31). The second-order valence-corrected chi connectivity index (χ2v) is 8.36. The van der Waals surface area contributed by atoms with Crippen molar-refractivity contribution < 1.29 is 18.3 Å². The molecule has 0 aliphatic rings. The van der Waals surface area contributed by atoms with Crippen LogP contribution in [-0.2, 0) is 4.79 Å². The SMILES string of the molecule is CC(NC(=O)CSc1nc2ccccc2c(=O)n1-c1ccc(OC(F)F)cc1)c1ccccc1. The number of amides is 1. The number of thioether (sulfide) groups is 1. The minimum atomic E-state index is -2.95. The first-order chi connectivity index (χ1) is 16.4. The quantitative estimate of drug-likeness (QED) is 0.285. The minimum Gasteiger partial charge on any atom is -0.435 e. The van der Waals surface area contributed by atoms with Crippen molar-refractivity contribution in [2.24, 2.45) is 0 Å². The Hall–Kier alpha value is -3.72. The number of ether oxygens (including phenoxy) is 1. The van der Waals surface area contributed by atoms with E-state index in [4.69, 9.17) is 0 Å². The number of aromatic nitrogens is 2. The Labute approximate surface area is 198 Å². The van der Waals surface area contributed by atoms with Crippen molar-refractivity contribution >= 4 is 28.6 Å². The largest absolute Gasteiger partial charge is 0.435 e. The molecular weight excluding hydrogens is 460 g/mol. The van der Waals surface area contributed by atoms with Crippen molar-refractivity contribution in [2.75, 3.05) is 5.75 Å². The maximum Gasteiger partial charge on any atom is 0.387 e. The lowest BCUT2D eigenvalue weighted by Gasteiger charge is -2.16. The summed E-state index contributed by atoms with van der Waals surface area (Å²) in [5.41, 5.74) is 1.58. The van der Waals surface area contributed by atoms with Crippen LogP contribution in [0.3, 0.4) is 0 Å². The van der Waals surface area contributed by atoms with E-state index in [9.17, 15) is 18.4 Å². The molecule has 4 rings (SSSR count). The smallest absolute Gasteiger partial charge is 0.387 e. The fourth-order valence-corrected chi connectivity index (χ4v) is 4.28. The summed E-state index contributed by atoms with van der Waals surface area (Å²) in [5.74, 6) is -0.200. The van der Waals surface area contributed by atoms with Gasteiger partial charge in [-0.1, -0.05) is 54.2 Å². The maximum absolute atomic E-state index is 13.3. The number of rotatable bonds is 8. The number of alkyl halides is 2. The molecular formula is C25H21F2N3O3S. The van der Waals surface area contributed by atoms with Gasteiger partial charge in [0.1, 0.15) is 5.75 Å². The molecule has 3 aromatic carbocycles. The number of nitrogens with one attached hydrogen (secondary N) is 1. The van der Waals surface area contributed by atoms with Crippen LogP contribution in [0, 0.1) is 0 Å². The van der Waals surface area contributed by atoms with E-state index in [0.29, 0.717) is 21.7 Å². The highest BCUT2D eigenvalue weighted by molar-refractivity contribution is 7.99. The molecule has 1 aromatic heterocycles. The second-order valence-electron chi connectivity index (χ2n) is 7.41. The molecule has 0 aliphatic heterocycles. The molecule has 6 nitrogen and oxygen atoms in total. The molecule has 34 heavy (non-hydrogen) atoms. The van der Waals surface area contributed by atoms with E-state index >= 15 is 0 Å². The molecule has 9 heteroatoms. The lowest BCUT2D eigenvalue weighted by atomic mass is 10.1. The summed E-state index contributed by atoms with van der Waals surface area (Å²) in [6.07, 6.45) is 0. The Morgan fingerprint density at radius 1 is 1.03 bits per heavy atom. The first-order valence-electron chi connectivity index (χ1n) is 10.5. The number of para-hydroxylation sites is 1. The monoisotopic (exact) mass is 481 g/mol. The summed E-state index contributed by atoms with van der Waals surface area (Å²) >= 11 is 1.12. The van der Waals surface area contributed by atoms with E-state index in [1.165, 1.54) is 28.8 Å². The van der Waals surface area contributed by atoms with Crippen LogP contribution in [-0.4, -0.2) is 27.8 Å². The zero-order valence-electron chi connectivity index (χ0n) is 18.2. The molecule has 1 N–H and O–H groups in total. The summed E-state index contributed by atoms with van der Waals surface area (Å²) < 4.78 is 30.7. The first-order valence-corrected chi connectivity index (χ1v) is 11.4. The van der Waals surface area contributed by atoms with Crippen molar-refractivity contribution in [3.63, 3.8) is 0 Å². The van der Waals surface area contributed by atoms with Gasteiger partial charge in [0, 0.05) is 0 Å². The third-order valence-corrected chi connectivity index (χ3v) is 6.01. The van der Waals surface area contributed by atoms with E-state index in [0.717, 1.165) is 17.3 Å². The summed E-state index contributed by atoms with van der Waals surface area (Å²) in [6, 6.07) is 22.0. The van der Waals surface area contributed by atoms with Crippen LogP contribution in [0.5, 0.6) is 5.75 Å². The van der Waals surface area contributed by atoms with Gasteiger partial charge in [-0.05, 0) is 48.9 Å². The molecule has 0 aliphatic carbocycles. The number of hydrogen-bond donors (Lipinski definition) is 1. The molecule has 1 atom stereocenters. The number of benzene rings is 3. The molecule has 1 amide bonds. The molecule has 0 spiro atoms. The van der Waals surface area contributed by atoms with E-state index in [1.54, 1.807) is 24.3 Å². The molecule has 0 saturated carbocycles. The molecule has 1 heterocycles. The summed E-state index contributed by atoms with van der Waals surface area (Å²) in [5, 5.41) is 3.66. The molecule has 174 valence electrons. The average molecular weight is 482 g/mol. The molecule has 1 unspecified atom stereocenters. The number of halogens is 2. The fourth-order valence-electron chi connectivity index (χ4n) is 3.45. The Morgan fingerprint density at radius 3 is 2.41 bits per heavy atom. The van der Waals surface area contributed by atoms with Crippen molar-refractivity contribution in [1.82, 2.24) is 14.9 Å². The van der Waals surface area contributed by atoms with Crippen molar-refractivity contribution in [1.29, 1.82) is 0 Å². The summed E-state index contributed by atoms with van der Waals surface area (Å²) in [7, 11) is 0. The lowest BCUT2D eigenvalue weighted by molar-refractivity contribution is -0.119. The third-order valence-electron chi connectivity index (χ3n) is 5.07. The van der Waals surface area contributed by atoms with E-state index in [1.807, 2.05) is 37.3 Å². The number of carbonyl (C=O) groups is 1. The highest BCUT2D eigenvalue weighted by atomic mass is 32.2. The van der Waals surface area contributed by atoms with Gasteiger partial charge in [-0.15, -0.1) is 0 Å². The summed E-state index contributed by atoms with van der Waals surface area (Å²) in [4.78, 5) is 30.5. The van der Waals surface area contributed by atoms with Crippen molar-refractivity contribution in [2.45, 2.75) is 24.7 Å². The fraction of sp³-hybridized carbons (Fsp3) is 0.160. The Balaban J connectivity index is 1.61. The third kappa shape index (κ3) is 5.43. The molecule has 0 radical (unpaired) electrons. The number of carbonyl (C=O) groups excluding carboxylic acids is 1. The van der Waals surface area contributed by atoms with Gasteiger partial charge in [-0.2, -0.15) is 8.78 Å². The van der Waals surface area contributed by atoms with Crippen LogP contribution in [0.4, 0.5) is 8.78 Å². The van der Waals surface area contributed by atoms with Crippen LogP contribution in [0.2, 0.25) is 0 Å². The van der Waals surface area contributed by atoms with Gasteiger partial charge in [0.2, 0.25) is 5.91 Å². The van der Waals surface area contributed by atoms with Gasteiger partial charge in [-0.25, -0.2) is 4.98 Å². The van der Waals surface area contributed by atoms with Crippen molar-refractivity contribution in [3.8, 4) is 11.4 Å². The second kappa shape index (κ2) is 10.5. The van der Waals surface area contributed by atoms with Gasteiger partial charge in [0.25, 0.3) is 5.56 Å². The van der Waals surface area contributed by atoms with Crippen molar-refractivity contribution in [3.05, 3.63) is 94.8 Å². The zero-order valence-corrected chi connectivity index (χ0v) is 19.0. The normalized spacial score (nSPS) is 12.0. The Kier molecular flexibility index (Phi) is 7.22. The van der Waals surface area contributed by atoms with Gasteiger partial charge in [0.05, 0.1) is 28.4 Å². The molecule has 0 fully saturated rings. The summed E-state index contributed by atoms with van der Waals surface area (Å²) in [6.45, 7) is -1.05. The Morgan fingerprint density at radius 2 is 1.71 bits per heavy atom. The zero-order chi connectivity index (χ0) is 24.1. The molecule has 0 saturated heterocycles. The van der Waals surface area contributed by atoms with Gasteiger partial charge < -0.3 is 10.1 Å². The molecule has 0 bridgehead atoms. The van der Waals surface area contributed by atoms with E-state index in [2.05, 4.69) is 15.0 Å². The van der Waals surface area contributed by atoms with E-state index < -0.39 is 6.61 Å². The number of hydrogen-bond acceptors (Lipinski definition) is 5. The van der Waals surface area contributed by atoms with Gasteiger partial charge in [0.15, 0.2) is 5.16 Å². The van der Waals surface area contributed by atoms with E-state index in [-0.39, 0.29) is 29.0 Å². The lowest BCUT2D eigenvalue weighted by Crippen LogP contribution is -2.29. The predicted octanol–water partition coefficient (Wildman–Crippen LogP) is 4.96. The molecule has 4 aromatic rings. The topological polar surface area (TPSA) is 73.2 Å². The van der Waals surface area contributed by atoms with Gasteiger partial charge in [-0.3, -0.25) is 14.2 Å². The average Bonchev–Trinajstić information content (AvgIpc) is 2.84. The van der Waals surface area contributed by atoms with Crippen LogP contribution >= 0.6 is 11.8 Å². The van der Waals surface area contributed by atoms with Crippen LogP contribution in [0.15, 0.2) is 88.8 Å². The minimum absolute atomic E-state index is 0.0240. The predicted molar refractivity (Wildman–Crippen MR) is 128 cm³/mol. The first kappa shape index (κ1) is 23.4. The Bertz CT molecular complexity index is 1350. The van der Waals surface area contributed by atoms with Crippen LogP contribution in [0.1, 0.15) is 18.5 Å². The highest BCUT2D eigenvalue weighted by Crippen LogP contribution is 2.23. The highest BCUT2D eigenvalue weighted by Gasteiger charge is 2.16. The van der Waals surface area contributed by atoms with Crippen LogP contribution < -0.4 is 15.6 Å². The van der Waals surface area contributed by atoms with Crippen LogP contribution in [0.25, 0.3) is 16.6 Å². The van der Waals surface area contributed by atoms with Gasteiger partial charge >= 0.3 is 6.61 Å². The number of fused-ring (bicyclic) bond motifs is 1. The maximum atomic E-state index is 13.3.